The minimum absolute atomic E-state index is 0.0797. The smallest absolute Gasteiger partial charge is 0.321 e. The molecule has 9 heteroatoms. The van der Waals surface area contributed by atoms with Gasteiger partial charge < -0.3 is 10.2 Å². The molecule has 2 aliphatic rings. The zero-order valence-corrected chi connectivity index (χ0v) is 18.5. The topological polar surface area (TPSA) is 93.3 Å². The molecule has 32 heavy (non-hydrogen) atoms. The molecule has 1 aliphatic carbocycles. The van der Waals surface area contributed by atoms with Crippen molar-refractivity contribution in [2.45, 2.75) is 48.8 Å². The molecular formula is C23H20Cl2F2N2O3. The first-order valence-electron chi connectivity index (χ1n) is 10.1. The predicted octanol–water partition coefficient (Wildman–Crippen LogP) is 4.40. The molecule has 5 nitrogen and oxygen atoms in total. The molecule has 0 amide bonds. The Balaban J connectivity index is 2.06. The van der Waals surface area contributed by atoms with Gasteiger partial charge in [0.25, 0.3) is 0 Å². The van der Waals surface area contributed by atoms with Gasteiger partial charge in [0.2, 0.25) is 0 Å². The van der Waals surface area contributed by atoms with Crippen molar-refractivity contribution < 1.29 is 23.8 Å². The van der Waals surface area contributed by atoms with Crippen LogP contribution in [0.2, 0.25) is 10.0 Å². The fourth-order valence-corrected chi connectivity index (χ4v) is 5.47. The number of nitrogens with zero attached hydrogens (tertiary/aromatic N) is 1. The van der Waals surface area contributed by atoms with E-state index < -0.39 is 46.6 Å². The highest BCUT2D eigenvalue weighted by Gasteiger charge is 2.67. The highest BCUT2D eigenvalue weighted by atomic mass is 35.5. The monoisotopic (exact) mass is 480 g/mol. The summed E-state index contributed by atoms with van der Waals surface area (Å²) in [6, 6.07) is 7.13. The fourth-order valence-electron chi connectivity index (χ4n) is 5.12. The predicted molar refractivity (Wildman–Crippen MR) is 115 cm³/mol. The molecule has 2 fully saturated rings. The van der Waals surface area contributed by atoms with Gasteiger partial charge in [-0.15, -0.1) is 0 Å². The lowest BCUT2D eigenvalue weighted by Crippen LogP contribution is -2.58. The van der Waals surface area contributed by atoms with Crippen LogP contribution in [0.4, 0.5) is 8.78 Å². The van der Waals surface area contributed by atoms with Gasteiger partial charge in [-0.1, -0.05) is 41.4 Å². The average molecular weight is 481 g/mol. The molecule has 1 unspecified atom stereocenters. The molecular weight excluding hydrogens is 461 g/mol. The molecule has 1 heterocycles. The van der Waals surface area contributed by atoms with E-state index in [9.17, 15) is 20.3 Å². The van der Waals surface area contributed by atoms with Crippen LogP contribution >= 0.6 is 23.2 Å². The van der Waals surface area contributed by atoms with E-state index in [4.69, 9.17) is 23.2 Å². The van der Waals surface area contributed by atoms with Crippen LogP contribution < -0.4 is 5.32 Å². The molecule has 2 aromatic carbocycles. The number of aliphatic hydroxyl groups is 1. The number of halogens is 4. The van der Waals surface area contributed by atoms with E-state index in [1.54, 1.807) is 0 Å². The Morgan fingerprint density at radius 3 is 2.53 bits per heavy atom. The van der Waals surface area contributed by atoms with Gasteiger partial charge in [0.15, 0.2) is 0 Å². The summed E-state index contributed by atoms with van der Waals surface area (Å²) in [7, 11) is 0. The third-order valence-electron chi connectivity index (χ3n) is 6.76. The zero-order valence-electron chi connectivity index (χ0n) is 16.9. The minimum atomic E-state index is -1.98. The molecule has 1 saturated carbocycles. The lowest BCUT2D eigenvalue weighted by Gasteiger charge is -2.41. The van der Waals surface area contributed by atoms with Crippen molar-refractivity contribution in [3.8, 4) is 6.07 Å². The molecule has 3 N–H and O–H groups in total. The Hall–Kier alpha value is -2.24. The van der Waals surface area contributed by atoms with E-state index in [2.05, 4.69) is 11.4 Å². The molecule has 0 spiro atoms. The highest BCUT2D eigenvalue weighted by Crippen LogP contribution is 2.56. The van der Waals surface area contributed by atoms with Crippen LogP contribution in [0.1, 0.15) is 36.8 Å². The Morgan fingerprint density at radius 1 is 1.28 bits per heavy atom. The van der Waals surface area contributed by atoms with Crippen LogP contribution in [-0.4, -0.2) is 33.9 Å². The lowest BCUT2D eigenvalue weighted by atomic mass is 9.61. The van der Waals surface area contributed by atoms with Crippen molar-refractivity contribution in [3.63, 3.8) is 0 Å². The van der Waals surface area contributed by atoms with Gasteiger partial charge in [-0.05, 0) is 49.4 Å². The van der Waals surface area contributed by atoms with Crippen LogP contribution in [0.5, 0.6) is 0 Å². The van der Waals surface area contributed by atoms with Gasteiger partial charge in [-0.3, -0.25) is 10.1 Å². The number of aliphatic carboxylic acids is 1. The van der Waals surface area contributed by atoms with Gasteiger partial charge in [-0.2, -0.15) is 5.26 Å². The number of benzene rings is 2. The number of carboxylic acid groups (broad SMARTS) is 1. The Labute approximate surface area is 193 Å². The largest absolute Gasteiger partial charge is 0.480 e. The molecule has 1 aliphatic heterocycles. The third-order valence-corrected chi connectivity index (χ3v) is 7.29. The first-order valence-corrected chi connectivity index (χ1v) is 10.8. The molecule has 168 valence electrons. The van der Waals surface area contributed by atoms with Crippen molar-refractivity contribution >= 4 is 29.2 Å². The van der Waals surface area contributed by atoms with Crippen LogP contribution in [0.25, 0.3) is 0 Å². The zero-order chi connectivity index (χ0) is 23.4. The summed E-state index contributed by atoms with van der Waals surface area (Å²) in [4.78, 5) is 12.3. The van der Waals surface area contributed by atoms with E-state index >= 15 is 8.78 Å². The van der Waals surface area contributed by atoms with Crippen LogP contribution in [-0.2, 0) is 10.2 Å². The van der Waals surface area contributed by atoms with E-state index in [1.165, 1.54) is 37.3 Å². The molecule has 1 saturated heterocycles. The Kier molecular flexibility index (Phi) is 5.71. The number of hydrogen-bond acceptors (Lipinski definition) is 4. The molecule has 2 aromatic rings. The second-order valence-electron chi connectivity index (χ2n) is 8.64. The first kappa shape index (κ1) is 22.9. The summed E-state index contributed by atoms with van der Waals surface area (Å²) < 4.78 is 30.5. The number of carboxylic acids is 1. The molecule has 5 atom stereocenters. The summed E-state index contributed by atoms with van der Waals surface area (Å²) in [6.45, 7) is 1.50. The van der Waals surface area contributed by atoms with Crippen LogP contribution in [0.15, 0.2) is 36.4 Å². The van der Waals surface area contributed by atoms with Gasteiger partial charge in [-0.25, -0.2) is 8.78 Å². The summed E-state index contributed by atoms with van der Waals surface area (Å²) in [5.74, 6) is -4.73. The van der Waals surface area contributed by atoms with E-state index in [0.29, 0.717) is 12.8 Å². The average Bonchev–Trinajstić information content (AvgIpc) is 3.52. The van der Waals surface area contributed by atoms with E-state index in [0.717, 1.165) is 6.07 Å². The van der Waals surface area contributed by atoms with Crippen LogP contribution in [0.3, 0.4) is 0 Å². The summed E-state index contributed by atoms with van der Waals surface area (Å²) in [5.41, 5.74) is -3.87. The summed E-state index contributed by atoms with van der Waals surface area (Å²) >= 11 is 11.9. The quantitative estimate of drug-likeness (QED) is 0.589. The number of carbonyl (C=O) groups is 1. The number of hydrogen-bond donors (Lipinski definition) is 3. The third kappa shape index (κ3) is 3.37. The maximum Gasteiger partial charge on any atom is 0.321 e. The minimum Gasteiger partial charge on any atom is -0.480 e. The number of rotatable bonds is 5. The first-order chi connectivity index (χ1) is 15.1. The normalized spacial score (nSPS) is 29.3. The number of nitrogens with one attached hydrogen (secondary N) is 1. The number of nitriles is 1. The molecule has 4 rings (SSSR count). The van der Waals surface area contributed by atoms with Gasteiger partial charge in [0.05, 0.1) is 22.7 Å². The van der Waals surface area contributed by atoms with E-state index in [-0.39, 0.29) is 27.1 Å². The van der Waals surface area contributed by atoms with Gasteiger partial charge in [0.1, 0.15) is 23.1 Å². The van der Waals surface area contributed by atoms with Gasteiger partial charge >= 0.3 is 5.97 Å². The van der Waals surface area contributed by atoms with E-state index in [1.807, 2.05) is 0 Å². The highest BCUT2D eigenvalue weighted by molar-refractivity contribution is 6.31. The Morgan fingerprint density at radius 2 is 1.97 bits per heavy atom. The molecule has 0 radical (unpaired) electrons. The molecule has 0 bridgehead atoms. The summed E-state index contributed by atoms with van der Waals surface area (Å²) in [5, 5.41) is 34.7. The summed E-state index contributed by atoms with van der Waals surface area (Å²) in [6.07, 6.45) is 1.34. The second-order valence-corrected chi connectivity index (χ2v) is 9.49. The van der Waals surface area contributed by atoms with Crippen molar-refractivity contribution in [2.24, 2.45) is 5.92 Å². The van der Waals surface area contributed by atoms with Crippen molar-refractivity contribution in [1.82, 2.24) is 5.32 Å². The van der Waals surface area contributed by atoms with Crippen molar-refractivity contribution in [2.75, 3.05) is 0 Å². The van der Waals surface area contributed by atoms with Gasteiger partial charge in [0, 0.05) is 16.5 Å². The van der Waals surface area contributed by atoms with Crippen LogP contribution in [0, 0.1) is 28.9 Å². The lowest BCUT2D eigenvalue weighted by molar-refractivity contribution is -0.139. The van der Waals surface area contributed by atoms with Crippen molar-refractivity contribution in [1.29, 1.82) is 5.26 Å². The second kappa shape index (κ2) is 7.96. The maximum atomic E-state index is 15.3. The maximum absolute atomic E-state index is 15.3. The van der Waals surface area contributed by atoms with Crippen molar-refractivity contribution in [3.05, 3.63) is 69.2 Å². The molecule has 0 aromatic heterocycles. The standard InChI is InChI=1S/C23H20Cl2F2N2O3/c1-22(32,11-5-6-11)21-23(10-28,14-8-7-12(24)9-16(14)26)17(19(29-21)20(30)31)13-3-2-4-15(25)18(13)27/h2-4,7-9,11,17,19,21,29,32H,5-6H2,1H3,(H,30,31)/t17-,19+,21+,22?,23+/m0/s1. The SMILES string of the molecule is CC(O)(C1CC1)[C@H]1N[C@@H](C(=O)O)[C@H](c2cccc(Cl)c2F)[C@@]1(C#N)c1ccc(Cl)cc1F. The Bertz CT molecular complexity index is 1130. The fraction of sp³-hybridized carbons (Fsp3) is 0.391.